The number of aliphatic hydroxyl groups is 1. The largest absolute Gasteiger partial charge is 0.436 e. The summed E-state index contributed by atoms with van der Waals surface area (Å²) in [5.74, 6) is 0.832. The Morgan fingerprint density at radius 1 is 1.56 bits per heavy atom. The fraction of sp³-hybridized carbons (Fsp3) is 0.692. The number of carbonyl (C=O) groups is 1. The highest BCUT2D eigenvalue weighted by Crippen LogP contribution is 2.24. The van der Waals surface area contributed by atoms with Crippen molar-refractivity contribution in [2.45, 2.75) is 45.6 Å². The maximum absolute atomic E-state index is 12.4. The third-order valence-corrected chi connectivity index (χ3v) is 3.43. The van der Waals surface area contributed by atoms with Gasteiger partial charge in [-0.05, 0) is 32.6 Å². The summed E-state index contributed by atoms with van der Waals surface area (Å²) in [6.45, 7) is 4.49. The molecule has 2 heterocycles. The summed E-state index contributed by atoms with van der Waals surface area (Å²) in [4.78, 5) is 18.4. The van der Waals surface area contributed by atoms with E-state index in [1.807, 2.05) is 4.90 Å². The maximum atomic E-state index is 12.4. The van der Waals surface area contributed by atoms with Gasteiger partial charge in [-0.15, -0.1) is 0 Å². The van der Waals surface area contributed by atoms with Crippen molar-refractivity contribution < 1.29 is 14.3 Å². The minimum Gasteiger partial charge on any atom is -0.436 e. The fourth-order valence-corrected chi connectivity index (χ4v) is 2.59. The predicted molar refractivity (Wildman–Crippen MR) is 66.4 cm³/mol. The molecule has 0 aliphatic carbocycles. The van der Waals surface area contributed by atoms with Crippen molar-refractivity contribution in [3.63, 3.8) is 0 Å². The number of rotatable bonds is 4. The maximum Gasteiger partial charge on any atom is 0.291 e. The topological polar surface area (TPSA) is 66.6 Å². The van der Waals surface area contributed by atoms with E-state index in [1.165, 1.54) is 0 Å². The summed E-state index contributed by atoms with van der Waals surface area (Å²) in [7, 11) is 0. The minimum absolute atomic E-state index is 0.0615. The zero-order chi connectivity index (χ0) is 13.1. The first kappa shape index (κ1) is 13.1. The van der Waals surface area contributed by atoms with E-state index in [2.05, 4.69) is 4.98 Å². The van der Waals surface area contributed by atoms with Gasteiger partial charge in [0.2, 0.25) is 5.76 Å². The molecule has 1 amide bonds. The summed E-state index contributed by atoms with van der Waals surface area (Å²) in [5.41, 5.74) is 0.658. The number of aromatic nitrogens is 1. The van der Waals surface area contributed by atoms with Crippen LogP contribution in [0.15, 0.2) is 4.42 Å². The number of amides is 1. The molecule has 1 aliphatic rings. The van der Waals surface area contributed by atoms with Crippen LogP contribution in [0.2, 0.25) is 0 Å². The van der Waals surface area contributed by atoms with Gasteiger partial charge in [0.1, 0.15) is 0 Å². The second kappa shape index (κ2) is 5.52. The SMILES string of the molecule is Cc1nc(C)c(C(=O)N2CCCC2CCCO)o1. The molecule has 0 radical (unpaired) electrons. The molecular formula is C13H20N2O3. The van der Waals surface area contributed by atoms with Gasteiger partial charge in [-0.1, -0.05) is 0 Å². The highest BCUT2D eigenvalue weighted by Gasteiger charge is 2.31. The van der Waals surface area contributed by atoms with E-state index in [9.17, 15) is 4.79 Å². The number of oxazole rings is 1. The Bertz CT molecular complexity index is 428. The average molecular weight is 252 g/mol. The van der Waals surface area contributed by atoms with Gasteiger partial charge in [0.15, 0.2) is 5.89 Å². The lowest BCUT2D eigenvalue weighted by molar-refractivity contribution is 0.0690. The highest BCUT2D eigenvalue weighted by molar-refractivity contribution is 5.92. The fourth-order valence-electron chi connectivity index (χ4n) is 2.59. The van der Waals surface area contributed by atoms with Crippen LogP contribution in [0.25, 0.3) is 0 Å². The van der Waals surface area contributed by atoms with Crippen molar-refractivity contribution >= 4 is 5.91 Å². The molecule has 0 aromatic carbocycles. The molecule has 5 heteroatoms. The highest BCUT2D eigenvalue weighted by atomic mass is 16.4. The number of aliphatic hydroxyl groups excluding tert-OH is 1. The molecule has 1 fully saturated rings. The van der Waals surface area contributed by atoms with Crippen molar-refractivity contribution in [2.75, 3.05) is 13.2 Å². The summed E-state index contributed by atoms with van der Waals surface area (Å²) >= 11 is 0. The Morgan fingerprint density at radius 2 is 2.33 bits per heavy atom. The molecule has 1 atom stereocenters. The van der Waals surface area contributed by atoms with E-state index in [4.69, 9.17) is 9.52 Å². The van der Waals surface area contributed by atoms with E-state index in [1.54, 1.807) is 13.8 Å². The lowest BCUT2D eigenvalue weighted by Crippen LogP contribution is -2.35. The smallest absolute Gasteiger partial charge is 0.291 e. The van der Waals surface area contributed by atoms with Gasteiger partial charge in [-0.2, -0.15) is 0 Å². The van der Waals surface area contributed by atoms with Crippen LogP contribution in [0.5, 0.6) is 0 Å². The molecule has 1 aromatic rings. The molecule has 1 N–H and O–H groups in total. The summed E-state index contributed by atoms with van der Waals surface area (Å²) in [5, 5.41) is 8.88. The Morgan fingerprint density at radius 3 is 2.94 bits per heavy atom. The van der Waals surface area contributed by atoms with Crippen LogP contribution in [0.1, 0.15) is 47.8 Å². The molecule has 0 spiro atoms. The van der Waals surface area contributed by atoms with E-state index in [-0.39, 0.29) is 18.6 Å². The number of hydrogen-bond acceptors (Lipinski definition) is 4. The quantitative estimate of drug-likeness (QED) is 0.885. The van der Waals surface area contributed by atoms with Crippen LogP contribution in [-0.2, 0) is 0 Å². The normalized spacial score (nSPS) is 19.5. The van der Waals surface area contributed by atoms with Crippen molar-refractivity contribution in [1.82, 2.24) is 9.88 Å². The first-order valence-corrected chi connectivity index (χ1v) is 6.49. The Labute approximate surface area is 107 Å². The summed E-state index contributed by atoms with van der Waals surface area (Å²) < 4.78 is 5.39. The van der Waals surface area contributed by atoms with Crippen LogP contribution >= 0.6 is 0 Å². The zero-order valence-corrected chi connectivity index (χ0v) is 11.0. The zero-order valence-electron chi connectivity index (χ0n) is 11.0. The van der Waals surface area contributed by atoms with Gasteiger partial charge in [0.05, 0.1) is 5.69 Å². The predicted octanol–water partition coefficient (Wildman–Crippen LogP) is 1.67. The van der Waals surface area contributed by atoms with Gasteiger partial charge in [0.25, 0.3) is 5.91 Å². The molecule has 2 rings (SSSR count). The van der Waals surface area contributed by atoms with E-state index < -0.39 is 0 Å². The van der Waals surface area contributed by atoms with Crippen LogP contribution in [0, 0.1) is 13.8 Å². The Kier molecular flexibility index (Phi) is 4.01. The van der Waals surface area contributed by atoms with Gasteiger partial charge in [-0.3, -0.25) is 4.79 Å². The second-order valence-corrected chi connectivity index (χ2v) is 4.81. The standard InChI is InChI=1S/C13H20N2O3/c1-9-12(18-10(2)14-9)13(17)15-7-3-5-11(15)6-4-8-16/h11,16H,3-8H2,1-2H3. The first-order chi connectivity index (χ1) is 8.63. The molecule has 18 heavy (non-hydrogen) atoms. The van der Waals surface area contributed by atoms with E-state index in [0.29, 0.717) is 17.3 Å². The van der Waals surface area contributed by atoms with Crippen molar-refractivity contribution in [3.05, 3.63) is 17.3 Å². The number of likely N-dealkylation sites (tertiary alicyclic amines) is 1. The molecule has 1 aliphatic heterocycles. The third kappa shape index (κ3) is 2.56. The third-order valence-electron chi connectivity index (χ3n) is 3.43. The number of carbonyl (C=O) groups excluding carboxylic acids is 1. The van der Waals surface area contributed by atoms with E-state index >= 15 is 0 Å². The van der Waals surface area contributed by atoms with Gasteiger partial charge >= 0.3 is 0 Å². The van der Waals surface area contributed by atoms with Crippen LogP contribution in [-0.4, -0.2) is 40.1 Å². The lowest BCUT2D eigenvalue weighted by atomic mass is 10.1. The second-order valence-electron chi connectivity index (χ2n) is 4.81. The molecule has 1 unspecified atom stereocenters. The first-order valence-electron chi connectivity index (χ1n) is 6.49. The van der Waals surface area contributed by atoms with Gasteiger partial charge < -0.3 is 14.4 Å². The lowest BCUT2D eigenvalue weighted by Gasteiger charge is -2.23. The van der Waals surface area contributed by atoms with Gasteiger partial charge in [0, 0.05) is 26.1 Å². The van der Waals surface area contributed by atoms with Crippen molar-refractivity contribution in [1.29, 1.82) is 0 Å². The van der Waals surface area contributed by atoms with Crippen LogP contribution in [0.3, 0.4) is 0 Å². The Hall–Kier alpha value is -1.36. The monoisotopic (exact) mass is 252 g/mol. The number of aryl methyl sites for hydroxylation is 2. The van der Waals surface area contributed by atoms with Crippen LogP contribution in [0.4, 0.5) is 0 Å². The van der Waals surface area contributed by atoms with Crippen molar-refractivity contribution in [2.24, 2.45) is 0 Å². The number of nitrogens with zero attached hydrogens (tertiary/aromatic N) is 2. The molecule has 100 valence electrons. The average Bonchev–Trinajstić information content (AvgIpc) is 2.92. The van der Waals surface area contributed by atoms with Crippen molar-refractivity contribution in [3.8, 4) is 0 Å². The van der Waals surface area contributed by atoms with Gasteiger partial charge in [-0.25, -0.2) is 4.98 Å². The number of hydrogen-bond donors (Lipinski definition) is 1. The molecule has 0 bridgehead atoms. The van der Waals surface area contributed by atoms with E-state index in [0.717, 1.165) is 32.2 Å². The Balaban J connectivity index is 2.10. The molecule has 0 saturated carbocycles. The molecule has 1 aromatic heterocycles. The molecule has 1 saturated heterocycles. The summed E-state index contributed by atoms with van der Waals surface area (Å²) in [6.07, 6.45) is 3.63. The molecular weight excluding hydrogens is 232 g/mol. The summed E-state index contributed by atoms with van der Waals surface area (Å²) in [6, 6.07) is 0.231. The minimum atomic E-state index is -0.0615. The molecule has 5 nitrogen and oxygen atoms in total. The van der Waals surface area contributed by atoms with Crippen LogP contribution < -0.4 is 0 Å².